The fourth-order valence-corrected chi connectivity index (χ4v) is 4.60. The highest BCUT2D eigenvalue weighted by molar-refractivity contribution is 7.13. The summed E-state index contributed by atoms with van der Waals surface area (Å²) >= 11 is 1.59. The van der Waals surface area contributed by atoms with Gasteiger partial charge in [-0.2, -0.15) is 0 Å². The Morgan fingerprint density at radius 3 is 2.73 bits per heavy atom. The highest BCUT2D eigenvalue weighted by Gasteiger charge is 2.27. The molecule has 3 aromatic rings. The molecule has 158 valence electrons. The number of hydrogen-bond acceptors (Lipinski definition) is 5. The molecule has 7 heteroatoms. The van der Waals surface area contributed by atoms with Gasteiger partial charge in [-0.3, -0.25) is 4.79 Å². The summed E-state index contributed by atoms with van der Waals surface area (Å²) in [5, 5.41) is 5.98. The Morgan fingerprint density at radius 1 is 1.33 bits per heavy atom. The monoisotopic (exact) mass is 425 g/mol. The van der Waals surface area contributed by atoms with Gasteiger partial charge in [0, 0.05) is 29.3 Å². The highest BCUT2D eigenvalue weighted by Crippen LogP contribution is 2.36. The van der Waals surface area contributed by atoms with E-state index in [2.05, 4.69) is 9.88 Å². The molecule has 1 aliphatic heterocycles. The van der Waals surface area contributed by atoms with Crippen molar-refractivity contribution in [1.82, 2.24) is 14.9 Å². The molecule has 4 rings (SSSR count). The maximum absolute atomic E-state index is 12.8. The van der Waals surface area contributed by atoms with Crippen molar-refractivity contribution >= 4 is 17.2 Å². The van der Waals surface area contributed by atoms with E-state index < -0.39 is 0 Å². The van der Waals surface area contributed by atoms with Crippen LogP contribution in [0.5, 0.6) is 5.75 Å². The van der Waals surface area contributed by atoms with Gasteiger partial charge in [0.15, 0.2) is 0 Å². The van der Waals surface area contributed by atoms with E-state index in [0.29, 0.717) is 5.56 Å². The summed E-state index contributed by atoms with van der Waals surface area (Å²) in [6.07, 6.45) is 1.89. The van der Waals surface area contributed by atoms with Crippen molar-refractivity contribution in [2.75, 3.05) is 13.7 Å². The summed E-state index contributed by atoms with van der Waals surface area (Å²) < 4.78 is 13.3. The Labute approximate surface area is 180 Å². The van der Waals surface area contributed by atoms with Crippen LogP contribution in [-0.4, -0.2) is 35.2 Å². The summed E-state index contributed by atoms with van der Waals surface area (Å²) in [7, 11) is 1.66. The lowest BCUT2D eigenvalue weighted by molar-refractivity contribution is 0.0565. The van der Waals surface area contributed by atoms with Gasteiger partial charge < -0.3 is 19.4 Å². The van der Waals surface area contributed by atoms with Crippen molar-refractivity contribution in [2.45, 2.75) is 45.9 Å². The summed E-state index contributed by atoms with van der Waals surface area (Å²) in [5.74, 6) is 0.755. The molecular weight excluding hydrogens is 398 g/mol. The van der Waals surface area contributed by atoms with E-state index >= 15 is 0 Å². The minimum absolute atomic E-state index is 0.0632. The number of ether oxygens (including phenoxy) is 2. The number of nitrogens with zero attached hydrogens (tertiary/aromatic N) is 2. The van der Waals surface area contributed by atoms with Gasteiger partial charge in [0.25, 0.3) is 5.91 Å². The Morgan fingerprint density at radius 2 is 2.10 bits per heavy atom. The quantitative estimate of drug-likeness (QED) is 0.601. The second kappa shape index (κ2) is 8.62. The highest BCUT2D eigenvalue weighted by atomic mass is 32.1. The molecule has 0 spiro atoms. The zero-order valence-corrected chi connectivity index (χ0v) is 18.6. The fraction of sp³-hybridized carbons (Fsp3) is 0.391. The van der Waals surface area contributed by atoms with Crippen LogP contribution in [0.1, 0.15) is 49.0 Å². The first kappa shape index (κ1) is 20.6. The molecule has 1 fully saturated rings. The predicted octanol–water partition coefficient (Wildman–Crippen LogP) is 5.04. The number of amides is 1. The van der Waals surface area contributed by atoms with Gasteiger partial charge in [0.05, 0.1) is 24.1 Å². The fourth-order valence-electron chi connectivity index (χ4n) is 3.78. The van der Waals surface area contributed by atoms with Crippen LogP contribution in [0.4, 0.5) is 0 Å². The van der Waals surface area contributed by atoms with Crippen LogP contribution in [-0.2, 0) is 4.74 Å². The standard InChI is InChI=1S/C23H27N3O3S/c1-14(2)24-22(27)18-12-20(26(15(18)3)21-6-5-11-29-21)19-13-30-23(25-19)16-7-9-17(28-4)10-8-16/h7-10,12-14,21H,5-6,11H2,1-4H3,(H,24,27). The SMILES string of the molecule is COc1ccc(-c2nc(-c3cc(C(=O)NC(C)C)c(C)n3C3CCCO3)cs2)cc1. The number of carbonyl (C=O) groups is 1. The third-order valence-corrected chi connectivity index (χ3v) is 6.14. The molecule has 1 atom stereocenters. The van der Waals surface area contributed by atoms with Gasteiger partial charge in [-0.05, 0) is 63.9 Å². The average Bonchev–Trinajstić information content (AvgIpc) is 3.47. The van der Waals surface area contributed by atoms with Crippen LogP contribution in [0, 0.1) is 6.92 Å². The van der Waals surface area contributed by atoms with Gasteiger partial charge in [0.2, 0.25) is 0 Å². The lowest BCUT2D eigenvalue weighted by atomic mass is 10.2. The van der Waals surface area contributed by atoms with E-state index in [4.69, 9.17) is 14.5 Å². The van der Waals surface area contributed by atoms with Crippen LogP contribution < -0.4 is 10.1 Å². The average molecular weight is 426 g/mol. The van der Waals surface area contributed by atoms with Gasteiger partial charge in [0.1, 0.15) is 17.0 Å². The first-order valence-corrected chi connectivity index (χ1v) is 11.1. The molecule has 1 saturated heterocycles. The van der Waals surface area contributed by atoms with Gasteiger partial charge in [-0.15, -0.1) is 11.3 Å². The van der Waals surface area contributed by atoms with Crippen LogP contribution in [0.15, 0.2) is 35.7 Å². The zero-order chi connectivity index (χ0) is 21.3. The summed E-state index contributed by atoms with van der Waals surface area (Å²) in [4.78, 5) is 17.7. The molecule has 6 nitrogen and oxygen atoms in total. The lowest BCUT2D eigenvalue weighted by Crippen LogP contribution is -2.30. The third kappa shape index (κ3) is 4.00. The number of methoxy groups -OCH3 is 1. The Bertz CT molecular complexity index is 1030. The van der Waals surface area contributed by atoms with E-state index in [1.54, 1.807) is 18.4 Å². The molecule has 1 aliphatic rings. The molecule has 0 bridgehead atoms. The van der Waals surface area contributed by atoms with Crippen molar-refractivity contribution < 1.29 is 14.3 Å². The number of hydrogen-bond donors (Lipinski definition) is 1. The Hall–Kier alpha value is -2.64. The largest absolute Gasteiger partial charge is 0.497 e. The molecular formula is C23H27N3O3S. The summed E-state index contributed by atoms with van der Waals surface area (Å²) in [5.41, 5.74) is 4.40. The van der Waals surface area contributed by atoms with Gasteiger partial charge >= 0.3 is 0 Å². The first-order valence-electron chi connectivity index (χ1n) is 10.2. The van der Waals surface area contributed by atoms with Crippen molar-refractivity contribution in [2.24, 2.45) is 0 Å². The van der Waals surface area contributed by atoms with Crippen molar-refractivity contribution in [1.29, 1.82) is 0 Å². The number of thiazole rings is 1. The first-order chi connectivity index (χ1) is 14.5. The molecule has 1 N–H and O–H groups in total. The van der Waals surface area contributed by atoms with Gasteiger partial charge in [-0.1, -0.05) is 0 Å². The normalized spacial score (nSPS) is 16.2. The second-order valence-electron chi connectivity index (χ2n) is 7.76. The van der Waals surface area contributed by atoms with E-state index in [9.17, 15) is 4.79 Å². The molecule has 0 radical (unpaired) electrons. The number of rotatable bonds is 6. The van der Waals surface area contributed by atoms with Crippen LogP contribution in [0.25, 0.3) is 22.0 Å². The second-order valence-corrected chi connectivity index (χ2v) is 8.62. The molecule has 0 aliphatic carbocycles. The lowest BCUT2D eigenvalue weighted by Gasteiger charge is -2.18. The maximum Gasteiger partial charge on any atom is 0.253 e. The molecule has 1 amide bonds. The van der Waals surface area contributed by atoms with Gasteiger partial charge in [-0.25, -0.2) is 4.98 Å². The summed E-state index contributed by atoms with van der Waals surface area (Å²) in [6, 6.07) is 9.91. The molecule has 2 aromatic heterocycles. The van der Waals surface area contributed by atoms with Crippen molar-refractivity contribution in [3.63, 3.8) is 0 Å². The van der Waals surface area contributed by atoms with E-state index in [-0.39, 0.29) is 18.2 Å². The number of nitrogens with one attached hydrogen (secondary N) is 1. The van der Waals surface area contributed by atoms with E-state index in [1.807, 2.05) is 56.5 Å². The third-order valence-electron chi connectivity index (χ3n) is 5.25. The maximum atomic E-state index is 12.8. The molecule has 0 saturated carbocycles. The molecule has 1 aromatic carbocycles. The Balaban J connectivity index is 1.74. The van der Waals surface area contributed by atoms with E-state index in [1.165, 1.54) is 0 Å². The molecule has 1 unspecified atom stereocenters. The Kier molecular flexibility index (Phi) is 5.92. The van der Waals surface area contributed by atoms with Crippen molar-refractivity contribution in [3.05, 3.63) is 47.0 Å². The van der Waals surface area contributed by atoms with Crippen LogP contribution in [0.3, 0.4) is 0 Å². The minimum Gasteiger partial charge on any atom is -0.497 e. The molecule has 3 heterocycles. The number of aromatic nitrogens is 2. The summed E-state index contributed by atoms with van der Waals surface area (Å²) in [6.45, 7) is 6.65. The number of carbonyl (C=O) groups excluding carboxylic acids is 1. The minimum atomic E-state index is -0.0638. The predicted molar refractivity (Wildman–Crippen MR) is 119 cm³/mol. The van der Waals surface area contributed by atoms with E-state index in [0.717, 1.165) is 52.9 Å². The smallest absolute Gasteiger partial charge is 0.253 e. The molecule has 30 heavy (non-hydrogen) atoms. The van der Waals surface area contributed by atoms with Crippen LogP contribution in [0.2, 0.25) is 0 Å². The van der Waals surface area contributed by atoms with Crippen molar-refractivity contribution in [3.8, 4) is 27.7 Å². The zero-order valence-electron chi connectivity index (χ0n) is 17.8. The topological polar surface area (TPSA) is 65.4 Å². The van der Waals surface area contributed by atoms with Crippen LogP contribution >= 0.6 is 11.3 Å². The number of benzene rings is 1.